The molecule has 1 aromatic rings. The van der Waals surface area contributed by atoms with Gasteiger partial charge in [-0.2, -0.15) is 0 Å². The van der Waals surface area contributed by atoms with Gasteiger partial charge in [-0.1, -0.05) is 0 Å². The van der Waals surface area contributed by atoms with Gasteiger partial charge in [0.25, 0.3) is 0 Å². The molecule has 1 aromatic carbocycles. The predicted molar refractivity (Wildman–Crippen MR) is 65.4 cm³/mol. The highest BCUT2D eigenvalue weighted by Crippen LogP contribution is 2.38. The molecule has 2 N–H and O–H groups in total. The lowest BCUT2D eigenvalue weighted by atomic mass is 10.2. The molecule has 0 aliphatic carbocycles. The summed E-state index contributed by atoms with van der Waals surface area (Å²) >= 11 is 0. The number of carbonyl (C=O) groups is 1. The summed E-state index contributed by atoms with van der Waals surface area (Å²) in [5.41, 5.74) is 0.853. The molecule has 100 valence electrons. The fourth-order valence-electron chi connectivity index (χ4n) is 1.55. The maximum Gasteiger partial charge on any atom is 0.317 e. The molecular formula is C12H17NO5. The molecule has 6 heteroatoms. The van der Waals surface area contributed by atoms with E-state index in [0.717, 1.165) is 5.56 Å². The quantitative estimate of drug-likeness (QED) is 0.753. The molecule has 0 aromatic heterocycles. The molecule has 0 saturated heterocycles. The Labute approximate surface area is 105 Å². The van der Waals surface area contributed by atoms with E-state index in [9.17, 15) is 4.79 Å². The van der Waals surface area contributed by atoms with E-state index >= 15 is 0 Å². The third kappa shape index (κ3) is 3.53. The van der Waals surface area contributed by atoms with Gasteiger partial charge in [0.15, 0.2) is 11.5 Å². The van der Waals surface area contributed by atoms with Crippen molar-refractivity contribution in [3.63, 3.8) is 0 Å². The van der Waals surface area contributed by atoms with E-state index in [4.69, 9.17) is 19.3 Å². The second-order valence-corrected chi connectivity index (χ2v) is 3.53. The Bertz CT molecular complexity index is 394. The summed E-state index contributed by atoms with van der Waals surface area (Å²) in [7, 11) is 4.60. The van der Waals surface area contributed by atoms with Crippen molar-refractivity contribution in [1.82, 2.24) is 5.32 Å². The molecule has 0 radical (unpaired) electrons. The standard InChI is InChI=1S/C12H17NO5/c1-16-9-4-8(6-13-7-11(14)15)5-10(17-2)12(9)18-3/h4-5,13H,6-7H2,1-3H3,(H,14,15). The molecule has 0 aliphatic rings. The van der Waals surface area contributed by atoms with Crippen LogP contribution < -0.4 is 19.5 Å². The van der Waals surface area contributed by atoms with Crippen LogP contribution in [0.4, 0.5) is 0 Å². The molecule has 0 amide bonds. The number of rotatable bonds is 7. The molecule has 0 spiro atoms. The third-order valence-corrected chi connectivity index (χ3v) is 2.33. The Morgan fingerprint density at radius 1 is 1.17 bits per heavy atom. The average molecular weight is 255 g/mol. The van der Waals surface area contributed by atoms with Gasteiger partial charge in [-0.3, -0.25) is 4.79 Å². The van der Waals surface area contributed by atoms with Crippen LogP contribution in [0.3, 0.4) is 0 Å². The largest absolute Gasteiger partial charge is 0.493 e. The Kier molecular flexibility index (Phi) is 5.26. The van der Waals surface area contributed by atoms with Crippen LogP contribution in [-0.4, -0.2) is 38.9 Å². The van der Waals surface area contributed by atoms with Crippen molar-refractivity contribution in [3.05, 3.63) is 17.7 Å². The van der Waals surface area contributed by atoms with Crippen molar-refractivity contribution in [2.75, 3.05) is 27.9 Å². The summed E-state index contributed by atoms with van der Waals surface area (Å²) in [6, 6.07) is 3.55. The van der Waals surface area contributed by atoms with Gasteiger partial charge in [0.2, 0.25) is 5.75 Å². The van der Waals surface area contributed by atoms with Crippen molar-refractivity contribution < 1.29 is 24.1 Å². The van der Waals surface area contributed by atoms with Crippen LogP contribution in [0.15, 0.2) is 12.1 Å². The minimum Gasteiger partial charge on any atom is -0.493 e. The molecule has 18 heavy (non-hydrogen) atoms. The molecule has 0 bridgehead atoms. The summed E-state index contributed by atoms with van der Waals surface area (Å²) in [6.07, 6.45) is 0. The Balaban J connectivity index is 2.89. The van der Waals surface area contributed by atoms with E-state index in [0.29, 0.717) is 23.8 Å². The maximum absolute atomic E-state index is 10.4. The molecular weight excluding hydrogens is 238 g/mol. The van der Waals surface area contributed by atoms with Crippen molar-refractivity contribution in [1.29, 1.82) is 0 Å². The smallest absolute Gasteiger partial charge is 0.317 e. The number of nitrogens with one attached hydrogen (secondary N) is 1. The lowest BCUT2D eigenvalue weighted by Crippen LogP contribution is -2.21. The number of carboxylic acid groups (broad SMARTS) is 1. The Morgan fingerprint density at radius 2 is 1.72 bits per heavy atom. The van der Waals surface area contributed by atoms with Crippen LogP contribution in [-0.2, 0) is 11.3 Å². The highest BCUT2D eigenvalue weighted by Gasteiger charge is 2.12. The zero-order valence-corrected chi connectivity index (χ0v) is 10.6. The second kappa shape index (κ2) is 6.70. The van der Waals surface area contributed by atoms with Crippen LogP contribution in [0.2, 0.25) is 0 Å². The van der Waals surface area contributed by atoms with Gasteiger partial charge in [-0.05, 0) is 17.7 Å². The predicted octanol–water partition coefficient (Wildman–Crippen LogP) is 0.887. The molecule has 0 atom stereocenters. The first-order valence-electron chi connectivity index (χ1n) is 5.33. The summed E-state index contributed by atoms with van der Waals surface area (Å²) in [6.45, 7) is 0.305. The number of ether oxygens (including phenoxy) is 3. The molecule has 6 nitrogen and oxygen atoms in total. The van der Waals surface area contributed by atoms with Crippen molar-refractivity contribution in [3.8, 4) is 17.2 Å². The van der Waals surface area contributed by atoms with Gasteiger partial charge in [0.1, 0.15) is 0 Å². The first-order valence-corrected chi connectivity index (χ1v) is 5.33. The van der Waals surface area contributed by atoms with E-state index in [-0.39, 0.29) is 6.54 Å². The second-order valence-electron chi connectivity index (χ2n) is 3.53. The fourth-order valence-corrected chi connectivity index (χ4v) is 1.55. The van der Waals surface area contributed by atoms with Gasteiger partial charge < -0.3 is 24.6 Å². The van der Waals surface area contributed by atoms with Crippen molar-refractivity contribution >= 4 is 5.97 Å². The zero-order chi connectivity index (χ0) is 13.5. The highest BCUT2D eigenvalue weighted by molar-refractivity contribution is 5.69. The first kappa shape index (κ1) is 14.1. The van der Waals surface area contributed by atoms with E-state index < -0.39 is 5.97 Å². The summed E-state index contributed by atoms with van der Waals surface area (Å²) in [5.74, 6) is 0.706. The van der Waals surface area contributed by atoms with E-state index in [2.05, 4.69) is 5.32 Å². The minimum atomic E-state index is -0.901. The molecule has 0 saturated carbocycles. The van der Waals surface area contributed by atoms with Gasteiger partial charge in [0.05, 0.1) is 27.9 Å². The van der Waals surface area contributed by atoms with Crippen LogP contribution in [0.5, 0.6) is 17.2 Å². The van der Waals surface area contributed by atoms with Crippen LogP contribution in [0, 0.1) is 0 Å². The number of hydrogen-bond acceptors (Lipinski definition) is 5. The number of hydrogen-bond donors (Lipinski definition) is 2. The topological polar surface area (TPSA) is 77.0 Å². The van der Waals surface area contributed by atoms with Gasteiger partial charge in [-0.25, -0.2) is 0 Å². The van der Waals surface area contributed by atoms with Crippen molar-refractivity contribution in [2.45, 2.75) is 6.54 Å². The maximum atomic E-state index is 10.4. The minimum absolute atomic E-state index is 0.101. The van der Waals surface area contributed by atoms with Crippen LogP contribution in [0.25, 0.3) is 0 Å². The molecule has 0 fully saturated rings. The van der Waals surface area contributed by atoms with Gasteiger partial charge >= 0.3 is 5.97 Å². The Hall–Kier alpha value is -1.95. The van der Waals surface area contributed by atoms with E-state index in [1.165, 1.54) is 21.3 Å². The monoisotopic (exact) mass is 255 g/mol. The lowest BCUT2D eigenvalue weighted by Gasteiger charge is -2.14. The number of methoxy groups -OCH3 is 3. The SMILES string of the molecule is COc1cc(CNCC(=O)O)cc(OC)c1OC. The highest BCUT2D eigenvalue weighted by atomic mass is 16.5. The van der Waals surface area contributed by atoms with Crippen LogP contribution in [0.1, 0.15) is 5.56 Å². The summed E-state index contributed by atoms with van der Waals surface area (Å²) in [5, 5.41) is 11.3. The molecule has 1 rings (SSSR count). The number of benzene rings is 1. The number of carboxylic acids is 1. The molecule has 0 aliphatic heterocycles. The van der Waals surface area contributed by atoms with Crippen LogP contribution >= 0.6 is 0 Å². The van der Waals surface area contributed by atoms with Crippen molar-refractivity contribution in [2.24, 2.45) is 0 Å². The van der Waals surface area contributed by atoms with Gasteiger partial charge in [-0.15, -0.1) is 0 Å². The van der Waals surface area contributed by atoms with Gasteiger partial charge in [0, 0.05) is 6.54 Å². The lowest BCUT2D eigenvalue weighted by molar-refractivity contribution is -0.135. The third-order valence-electron chi connectivity index (χ3n) is 2.33. The molecule has 0 unspecified atom stereocenters. The average Bonchev–Trinajstić information content (AvgIpc) is 2.36. The van der Waals surface area contributed by atoms with E-state index in [1.54, 1.807) is 12.1 Å². The normalized spacial score (nSPS) is 9.94. The fraction of sp³-hybridized carbons (Fsp3) is 0.417. The zero-order valence-electron chi connectivity index (χ0n) is 10.6. The first-order chi connectivity index (χ1) is 8.62. The number of aliphatic carboxylic acids is 1. The summed E-state index contributed by atoms with van der Waals surface area (Å²) < 4.78 is 15.6. The summed E-state index contributed by atoms with van der Waals surface area (Å²) in [4.78, 5) is 10.4. The van der Waals surface area contributed by atoms with E-state index in [1.807, 2.05) is 0 Å². The molecule has 0 heterocycles. The Morgan fingerprint density at radius 3 is 2.11 bits per heavy atom.